The van der Waals surface area contributed by atoms with Crippen LogP contribution in [0.4, 0.5) is 11.4 Å². The van der Waals surface area contributed by atoms with E-state index in [1.165, 1.54) is 85.0 Å². The van der Waals surface area contributed by atoms with Gasteiger partial charge in [-0.25, -0.2) is 0 Å². The second-order valence-electron chi connectivity index (χ2n) is 13.3. The molecule has 3 aliphatic carbocycles. The van der Waals surface area contributed by atoms with E-state index in [0.717, 1.165) is 37.8 Å². The number of aryl methyl sites for hydroxylation is 1. The minimum atomic E-state index is 0.198. The van der Waals surface area contributed by atoms with Gasteiger partial charge in [-0.15, -0.1) is 0 Å². The number of nitrogens with zero attached hydrogens (tertiary/aromatic N) is 1. The van der Waals surface area contributed by atoms with Crippen molar-refractivity contribution in [2.75, 3.05) is 12.4 Å². The van der Waals surface area contributed by atoms with Crippen molar-refractivity contribution in [2.45, 2.75) is 103 Å². The highest BCUT2D eigenvalue weighted by atomic mass is 16.5. The summed E-state index contributed by atoms with van der Waals surface area (Å²) >= 11 is 0. The number of aliphatic imine (C=N–C) groups is 1. The number of ether oxygens (including phenoxy) is 1. The third kappa shape index (κ3) is 6.38. The molecule has 0 radical (unpaired) electrons. The highest BCUT2D eigenvalue weighted by Crippen LogP contribution is 2.45. The number of carbonyl (C=O) groups is 1. The predicted molar refractivity (Wildman–Crippen MR) is 165 cm³/mol. The third-order valence-corrected chi connectivity index (χ3v) is 10.0. The summed E-state index contributed by atoms with van der Waals surface area (Å²) < 4.78 is 6.33. The van der Waals surface area contributed by atoms with E-state index >= 15 is 0 Å². The number of fused-ring (bicyclic) bond motifs is 2. The van der Waals surface area contributed by atoms with Crippen LogP contribution in [0, 0.1) is 36.5 Å². The van der Waals surface area contributed by atoms with Crippen LogP contribution < -0.4 is 5.32 Å². The molecule has 214 valence electrons. The minimum absolute atomic E-state index is 0.198. The molecule has 2 saturated carbocycles. The number of methoxy groups -OCH3 is 1. The molecule has 2 aromatic carbocycles. The zero-order valence-corrected chi connectivity index (χ0v) is 24.9. The summed E-state index contributed by atoms with van der Waals surface area (Å²) in [5.41, 5.74) is 9.32. The SMILES string of the molecule is CCCCC(C(CCC[C@@H]1Cc2ccc(NC(=O)C3CC3)cc2C1)OC)C1Cc2ccc(C)cc2N=C1C1CC1. The van der Waals surface area contributed by atoms with Gasteiger partial charge in [0.25, 0.3) is 0 Å². The average molecular weight is 541 g/mol. The van der Waals surface area contributed by atoms with E-state index in [1.807, 2.05) is 7.11 Å². The van der Waals surface area contributed by atoms with E-state index < -0.39 is 0 Å². The normalized spacial score (nSPS) is 23.2. The van der Waals surface area contributed by atoms with Crippen LogP contribution in [0.5, 0.6) is 0 Å². The number of hydrogen-bond acceptors (Lipinski definition) is 3. The van der Waals surface area contributed by atoms with Gasteiger partial charge in [0.1, 0.15) is 0 Å². The first-order chi connectivity index (χ1) is 19.5. The standard InChI is InChI=1S/C36H48N2O2/c1-4-5-8-31(32-22-28-11-10-23(2)18-33(28)38-35(32)25-12-13-25)34(40-3)9-6-7-24-19-27-16-17-30(21-29(27)20-24)37-36(39)26-14-15-26/h10-11,16-18,21,24-26,31-32,34H,4-9,12-15,19-20,22H2,1-3H3,(H,37,39)/t24-,31?,32?,34?/m1/s1. The van der Waals surface area contributed by atoms with Gasteiger partial charge in [0, 0.05) is 30.3 Å². The van der Waals surface area contributed by atoms with Crippen molar-refractivity contribution < 1.29 is 9.53 Å². The van der Waals surface area contributed by atoms with Gasteiger partial charge in [-0.1, -0.05) is 44.4 Å². The molecule has 40 heavy (non-hydrogen) atoms. The van der Waals surface area contributed by atoms with Crippen LogP contribution in [-0.4, -0.2) is 24.8 Å². The lowest BCUT2D eigenvalue weighted by Gasteiger charge is -2.37. The van der Waals surface area contributed by atoms with Gasteiger partial charge < -0.3 is 10.1 Å². The molecule has 1 heterocycles. The maximum atomic E-state index is 12.2. The van der Waals surface area contributed by atoms with Crippen molar-refractivity contribution in [1.82, 2.24) is 0 Å². The Morgan fingerprint density at radius 2 is 1.77 bits per heavy atom. The largest absolute Gasteiger partial charge is 0.381 e. The van der Waals surface area contributed by atoms with Gasteiger partial charge in [-0.2, -0.15) is 0 Å². The monoisotopic (exact) mass is 540 g/mol. The Hall–Kier alpha value is -2.46. The lowest BCUT2D eigenvalue weighted by Crippen LogP contribution is -2.37. The predicted octanol–water partition coefficient (Wildman–Crippen LogP) is 8.41. The zero-order valence-electron chi connectivity index (χ0n) is 24.9. The first-order valence-electron chi connectivity index (χ1n) is 16.2. The summed E-state index contributed by atoms with van der Waals surface area (Å²) in [5.74, 6) is 2.89. The van der Waals surface area contributed by atoms with E-state index in [9.17, 15) is 4.79 Å². The Labute approximate surface area is 241 Å². The van der Waals surface area contributed by atoms with Gasteiger partial charge >= 0.3 is 0 Å². The van der Waals surface area contributed by atoms with Crippen molar-refractivity contribution in [1.29, 1.82) is 0 Å². The van der Waals surface area contributed by atoms with Gasteiger partial charge in [-0.05, 0) is 129 Å². The molecule has 4 aliphatic rings. The fourth-order valence-corrected chi connectivity index (χ4v) is 7.44. The first-order valence-corrected chi connectivity index (χ1v) is 16.2. The fourth-order valence-electron chi connectivity index (χ4n) is 7.44. The second-order valence-corrected chi connectivity index (χ2v) is 13.3. The molecule has 2 aromatic rings. The fraction of sp³-hybridized carbons (Fsp3) is 0.611. The zero-order chi connectivity index (χ0) is 27.6. The summed E-state index contributed by atoms with van der Waals surface area (Å²) in [6.45, 7) is 4.49. The molecule has 1 aliphatic heterocycles. The summed E-state index contributed by atoms with van der Waals surface area (Å²) in [5, 5.41) is 3.13. The van der Waals surface area contributed by atoms with Crippen molar-refractivity contribution in [3.8, 4) is 0 Å². The van der Waals surface area contributed by atoms with E-state index in [-0.39, 0.29) is 11.8 Å². The Morgan fingerprint density at radius 1 is 0.975 bits per heavy atom. The van der Waals surface area contributed by atoms with Crippen LogP contribution in [0.2, 0.25) is 0 Å². The van der Waals surface area contributed by atoms with Crippen LogP contribution in [0.25, 0.3) is 0 Å². The second kappa shape index (κ2) is 12.2. The Bertz CT molecular complexity index is 1240. The number of anilines is 1. The van der Waals surface area contributed by atoms with Crippen molar-refractivity contribution >= 4 is 23.0 Å². The van der Waals surface area contributed by atoms with Crippen LogP contribution in [0.3, 0.4) is 0 Å². The van der Waals surface area contributed by atoms with Crippen LogP contribution >= 0.6 is 0 Å². The van der Waals surface area contributed by atoms with E-state index in [2.05, 4.69) is 55.6 Å². The average Bonchev–Trinajstić information content (AvgIpc) is 3.88. The summed E-state index contributed by atoms with van der Waals surface area (Å²) in [7, 11) is 1.95. The quantitative estimate of drug-likeness (QED) is 0.277. The third-order valence-electron chi connectivity index (χ3n) is 10.0. The maximum absolute atomic E-state index is 12.2. The van der Waals surface area contributed by atoms with E-state index in [4.69, 9.17) is 9.73 Å². The molecule has 4 heteroatoms. The highest BCUT2D eigenvalue weighted by Gasteiger charge is 2.41. The number of carbonyl (C=O) groups excluding carboxylic acids is 1. The van der Waals surface area contributed by atoms with Gasteiger partial charge in [0.05, 0.1) is 11.8 Å². The molecule has 1 N–H and O–H groups in total. The van der Waals surface area contributed by atoms with Gasteiger partial charge in [-0.3, -0.25) is 9.79 Å². The Morgan fingerprint density at radius 3 is 2.52 bits per heavy atom. The van der Waals surface area contributed by atoms with Crippen LogP contribution in [0.1, 0.15) is 93.4 Å². The van der Waals surface area contributed by atoms with Crippen LogP contribution in [-0.2, 0) is 28.8 Å². The molecular weight excluding hydrogens is 492 g/mol. The number of rotatable bonds is 13. The molecule has 0 bridgehead atoms. The molecule has 0 aromatic heterocycles. The molecule has 2 fully saturated rings. The topological polar surface area (TPSA) is 50.7 Å². The Balaban J connectivity index is 1.09. The van der Waals surface area contributed by atoms with Crippen molar-refractivity contribution in [3.63, 3.8) is 0 Å². The molecule has 3 unspecified atom stereocenters. The molecule has 0 spiro atoms. The van der Waals surface area contributed by atoms with E-state index in [0.29, 0.717) is 29.8 Å². The van der Waals surface area contributed by atoms with Gasteiger partial charge in [0.15, 0.2) is 0 Å². The van der Waals surface area contributed by atoms with Crippen LogP contribution in [0.15, 0.2) is 41.4 Å². The minimum Gasteiger partial charge on any atom is -0.381 e. The lowest BCUT2D eigenvalue weighted by molar-refractivity contribution is -0.117. The summed E-state index contributed by atoms with van der Waals surface area (Å²) in [6.07, 6.45) is 15.7. The number of hydrogen-bond donors (Lipinski definition) is 1. The molecule has 6 rings (SSSR count). The molecular formula is C36H48N2O2. The van der Waals surface area contributed by atoms with Crippen molar-refractivity contribution in [3.05, 3.63) is 58.7 Å². The van der Waals surface area contributed by atoms with Gasteiger partial charge in [0.2, 0.25) is 5.91 Å². The summed E-state index contributed by atoms with van der Waals surface area (Å²) in [4.78, 5) is 17.5. The Kier molecular flexibility index (Phi) is 8.44. The smallest absolute Gasteiger partial charge is 0.227 e. The number of benzene rings is 2. The summed E-state index contributed by atoms with van der Waals surface area (Å²) in [6, 6.07) is 13.4. The van der Waals surface area contributed by atoms with E-state index in [1.54, 1.807) is 0 Å². The molecule has 1 amide bonds. The first kappa shape index (κ1) is 27.7. The molecule has 0 saturated heterocycles. The number of amides is 1. The number of nitrogens with one attached hydrogen (secondary N) is 1. The lowest BCUT2D eigenvalue weighted by atomic mass is 9.73. The maximum Gasteiger partial charge on any atom is 0.227 e. The number of unbranched alkanes of at least 4 members (excludes halogenated alkanes) is 1. The molecule has 4 atom stereocenters. The van der Waals surface area contributed by atoms with Crippen molar-refractivity contribution in [2.24, 2.45) is 34.6 Å². The molecule has 4 nitrogen and oxygen atoms in total. The highest BCUT2D eigenvalue weighted by molar-refractivity contribution is 5.95.